The maximum Gasteiger partial charge on any atom is -0.0221 e. The Kier molecular flexibility index (Phi) is 7.71. The molecule has 0 N–H and O–H groups in total. The van der Waals surface area contributed by atoms with E-state index in [0.717, 1.165) is 35.5 Å². The lowest BCUT2D eigenvalue weighted by Gasteiger charge is -2.57. The quantitative estimate of drug-likeness (QED) is 0.456. The van der Waals surface area contributed by atoms with Gasteiger partial charge in [-0.1, -0.05) is 90.0 Å². The molecule has 0 nitrogen and oxygen atoms in total. The Morgan fingerprint density at radius 2 is 0.864 bits per heavy atom. The van der Waals surface area contributed by atoms with Crippen LogP contribution in [0.1, 0.15) is 90.0 Å². The molecular formula is C22H46. The second-order valence-corrected chi connectivity index (χ2v) is 10.3. The third kappa shape index (κ3) is 4.30. The van der Waals surface area contributed by atoms with Crippen LogP contribution >= 0.6 is 0 Å². The van der Waals surface area contributed by atoms with E-state index in [2.05, 4.69) is 90.0 Å². The van der Waals surface area contributed by atoms with Crippen LogP contribution in [0.2, 0.25) is 0 Å². The normalized spacial score (nSPS) is 21.8. The Morgan fingerprint density at radius 1 is 0.500 bits per heavy atom. The van der Waals surface area contributed by atoms with Gasteiger partial charge >= 0.3 is 0 Å². The summed E-state index contributed by atoms with van der Waals surface area (Å²) in [7, 11) is 0. The van der Waals surface area contributed by atoms with E-state index in [1.165, 1.54) is 0 Å². The summed E-state index contributed by atoms with van der Waals surface area (Å²) in [5, 5.41) is 0. The zero-order valence-corrected chi connectivity index (χ0v) is 18.0. The van der Waals surface area contributed by atoms with Gasteiger partial charge in [-0.25, -0.2) is 0 Å². The third-order valence-electron chi connectivity index (χ3n) is 7.57. The van der Waals surface area contributed by atoms with Crippen LogP contribution in [0.5, 0.6) is 0 Å². The van der Waals surface area contributed by atoms with Crippen LogP contribution in [0.15, 0.2) is 0 Å². The molecule has 0 aliphatic heterocycles. The fourth-order valence-electron chi connectivity index (χ4n) is 4.67. The molecule has 0 aromatic carbocycles. The SMILES string of the molecule is CC(C)C(C)C(C)C(C(C)C(C)C)C(C)(C(C)C)C(C)(C)C. The summed E-state index contributed by atoms with van der Waals surface area (Å²) in [6.45, 7) is 31.9. The summed E-state index contributed by atoms with van der Waals surface area (Å²) in [5.74, 6) is 5.23. The van der Waals surface area contributed by atoms with Crippen LogP contribution in [-0.2, 0) is 0 Å². The van der Waals surface area contributed by atoms with Crippen molar-refractivity contribution in [2.75, 3.05) is 0 Å². The first-order valence-corrected chi connectivity index (χ1v) is 9.69. The lowest BCUT2D eigenvalue weighted by atomic mass is 9.48. The highest BCUT2D eigenvalue weighted by Gasteiger charge is 2.51. The van der Waals surface area contributed by atoms with Gasteiger partial charge in [0.05, 0.1) is 0 Å². The van der Waals surface area contributed by atoms with Crippen molar-refractivity contribution in [1.29, 1.82) is 0 Å². The molecule has 134 valence electrons. The first-order valence-electron chi connectivity index (χ1n) is 9.69. The Balaban J connectivity index is 6.05. The zero-order valence-electron chi connectivity index (χ0n) is 18.0. The van der Waals surface area contributed by atoms with E-state index >= 15 is 0 Å². The molecule has 5 atom stereocenters. The Hall–Kier alpha value is 0. The average Bonchev–Trinajstić information content (AvgIpc) is 2.35. The minimum atomic E-state index is 0.319. The number of hydrogen-bond donors (Lipinski definition) is 0. The van der Waals surface area contributed by atoms with Crippen molar-refractivity contribution in [2.24, 2.45) is 52.3 Å². The molecule has 0 aliphatic carbocycles. The van der Waals surface area contributed by atoms with Crippen molar-refractivity contribution in [2.45, 2.75) is 90.0 Å². The predicted molar refractivity (Wildman–Crippen MR) is 103 cm³/mol. The van der Waals surface area contributed by atoms with Gasteiger partial charge in [-0.05, 0) is 52.3 Å². The average molecular weight is 311 g/mol. The smallest absolute Gasteiger partial charge is 0.0221 e. The molecule has 0 heteroatoms. The van der Waals surface area contributed by atoms with Gasteiger partial charge in [-0.2, -0.15) is 0 Å². The molecular weight excluding hydrogens is 264 g/mol. The van der Waals surface area contributed by atoms with E-state index in [4.69, 9.17) is 0 Å². The maximum absolute atomic E-state index is 2.57. The second kappa shape index (κ2) is 7.71. The van der Waals surface area contributed by atoms with Gasteiger partial charge in [0.15, 0.2) is 0 Å². The molecule has 0 saturated carbocycles. The molecule has 0 radical (unpaired) electrons. The first kappa shape index (κ1) is 22.0. The molecule has 0 fully saturated rings. The van der Waals surface area contributed by atoms with Crippen molar-refractivity contribution in [3.8, 4) is 0 Å². The van der Waals surface area contributed by atoms with Gasteiger partial charge in [0.1, 0.15) is 0 Å². The van der Waals surface area contributed by atoms with Crippen LogP contribution in [0.3, 0.4) is 0 Å². The molecule has 0 rings (SSSR count). The van der Waals surface area contributed by atoms with Crippen LogP contribution in [0.4, 0.5) is 0 Å². The summed E-state index contributed by atoms with van der Waals surface area (Å²) in [6, 6.07) is 0. The molecule has 22 heavy (non-hydrogen) atoms. The zero-order chi connectivity index (χ0) is 18.0. The molecule has 0 aromatic rings. The maximum atomic E-state index is 2.57. The standard InChI is InChI=1S/C22H46/c1-14(2)17(7)19(9)20(18(8)15(3)4)22(13,16(5)6)21(10,11)12/h14-20H,1-13H3. The van der Waals surface area contributed by atoms with Crippen LogP contribution in [0.25, 0.3) is 0 Å². The van der Waals surface area contributed by atoms with Gasteiger partial charge in [0.2, 0.25) is 0 Å². The van der Waals surface area contributed by atoms with Crippen LogP contribution in [-0.4, -0.2) is 0 Å². The Bertz CT molecular complexity index is 317. The van der Waals surface area contributed by atoms with Gasteiger partial charge in [0, 0.05) is 0 Å². The fraction of sp³-hybridized carbons (Fsp3) is 1.00. The Morgan fingerprint density at radius 3 is 1.09 bits per heavy atom. The van der Waals surface area contributed by atoms with E-state index < -0.39 is 0 Å². The molecule has 0 saturated heterocycles. The minimum Gasteiger partial charge on any atom is -0.0625 e. The highest BCUT2D eigenvalue weighted by molar-refractivity contribution is 4.99. The molecule has 0 aliphatic rings. The molecule has 0 heterocycles. The molecule has 0 spiro atoms. The number of rotatable bonds is 7. The van der Waals surface area contributed by atoms with Crippen molar-refractivity contribution < 1.29 is 0 Å². The largest absolute Gasteiger partial charge is 0.0625 e. The summed E-state index contributed by atoms with van der Waals surface area (Å²) in [5.41, 5.74) is 0.666. The molecule has 5 unspecified atom stereocenters. The van der Waals surface area contributed by atoms with E-state index in [1.54, 1.807) is 0 Å². The van der Waals surface area contributed by atoms with E-state index in [9.17, 15) is 0 Å². The van der Waals surface area contributed by atoms with Crippen molar-refractivity contribution in [3.63, 3.8) is 0 Å². The second-order valence-electron chi connectivity index (χ2n) is 10.3. The highest BCUT2D eigenvalue weighted by atomic mass is 14.6. The fourth-order valence-corrected chi connectivity index (χ4v) is 4.67. The number of hydrogen-bond acceptors (Lipinski definition) is 0. The van der Waals surface area contributed by atoms with Crippen molar-refractivity contribution in [3.05, 3.63) is 0 Å². The summed E-state index contributed by atoms with van der Waals surface area (Å²) in [6.07, 6.45) is 0. The van der Waals surface area contributed by atoms with Gasteiger partial charge < -0.3 is 0 Å². The summed E-state index contributed by atoms with van der Waals surface area (Å²) >= 11 is 0. The van der Waals surface area contributed by atoms with Crippen molar-refractivity contribution in [1.82, 2.24) is 0 Å². The van der Waals surface area contributed by atoms with Crippen LogP contribution < -0.4 is 0 Å². The summed E-state index contributed by atoms with van der Waals surface area (Å²) < 4.78 is 0. The minimum absolute atomic E-state index is 0.319. The predicted octanol–water partition coefficient (Wildman–Crippen LogP) is 7.53. The molecule has 0 bridgehead atoms. The van der Waals surface area contributed by atoms with E-state index in [-0.39, 0.29) is 0 Å². The van der Waals surface area contributed by atoms with Gasteiger partial charge in [0.25, 0.3) is 0 Å². The van der Waals surface area contributed by atoms with Crippen molar-refractivity contribution >= 4 is 0 Å². The van der Waals surface area contributed by atoms with Gasteiger partial charge in [-0.15, -0.1) is 0 Å². The topological polar surface area (TPSA) is 0 Å². The Labute approximate surface area is 142 Å². The first-order chi connectivity index (χ1) is 9.69. The van der Waals surface area contributed by atoms with Gasteiger partial charge in [-0.3, -0.25) is 0 Å². The summed E-state index contributed by atoms with van der Waals surface area (Å²) in [4.78, 5) is 0. The van der Waals surface area contributed by atoms with Crippen LogP contribution in [0, 0.1) is 52.3 Å². The molecule has 0 aromatic heterocycles. The monoisotopic (exact) mass is 310 g/mol. The lowest BCUT2D eigenvalue weighted by molar-refractivity contribution is -0.0852. The van der Waals surface area contributed by atoms with E-state index in [0.29, 0.717) is 16.7 Å². The molecule has 0 amide bonds. The van der Waals surface area contributed by atoms with E-state index in [1.807, 2.05) is 0 Å². The third-order valence-corrected chi connectivity index (χ3v) is 7.57. The lowest BCUT2D eigenvalue weighted by Crippen LogP contribution is -2.51. The highest BCUT2D eigenvalue weighted by Crippen LogP contribution is 2.57.